The van der Waals surface area contributed by atoms with Crippen molar-refractivity contribution in [1.29, 1.82) is 0 Å². The van der Waals surface area contributed by atoms with Gasteiger partial charge in [-0.1, -0.05) is 35.9 Å². The summed E-state index contributed by atoms with van der Waals surface area (Å²) in [6.07, 6.45) is 0. The minimum Gasteiger partial charge on any atom is -0.258 e. The summed E-state index contributed by atoms with van der Waals surface area (Å²) in [5.74, 6) is 0. The Bertz CT molecular complexity index is 1040. The van der Waals surface area contributed by atoms with E-state index in [9.17, 15) is 18.5 Å². The Morgan fingerprint density at radius 3 is 1.96 bits per heavy atom. The van der Waals surface area contributed by atoms with Crippen LogP contribution in [0.2, 0.25) is 0 Å². The number of nitro groups is 1. The van der Waals surface area contributed by atoms with Gasteiger partial charge in [0, 0.05) is 12.1 Å². The summed E-state index contributed by atoms with van der Waals surface area (Å²) in [6.45, 7) is 1.87. The van der Waals surface area contributed by atoms with Crippen LogP contribution in [0.3, 0.4) is 0 Å². The van der Waals surface area contributed by atoms with E-state index >= 15 is 0 Å². The van der Waals surface area contributed by atoms with Crippen molar-refractivity contribution in [2.45, 2.75) is 11.8 Å². The molecule has 6 nitrogen and oxygen atoms in total. The van der Waals surface area contributed by atoms with Crippen LogP contribution in [0.4, 0.5) is 5.69 Å². The van der Waals surface area contributed by atoms with Gasteiger partial charge in [0.25, 0.3) is 5.69 Å². The number of aryl methyl sites for hydroxylation is 1. The molecular formula is C19H16INO5S+. The Labute approximate surface area is 165 Å². The molecule has 0 fully saturated rings. The third-order valence-electron chi connectivity index (χ3n) is 3.62. The van der Waals surface area contributed by atoms with Crippen molar-refractivity contribution >= 4 is 15.8 Å². The molecule has 0 saturated carbocycles. The van der Waals surface area contributed by atoms with Gasteiger partial charge in [0.15, 0.2) is 7.14 Å². The zero-order valence-electron chi connectivity index (χ0n) is 14.3. The molecular weight excluding hydrogens is 481 g/mol. The number of halogens is 1. The Hall–Kier alpha value is -2.30. The monoisotopic (exact) mass is 497 g/mol. The van der Waals surface area contributed by atoms with Crippen LogP contribution in [0.5, 0.6) is 0 Å². The topological polar surface area (TPSA) is 86.5 Å². The van der Waals surface area contributed by atoms with E-state index in [4.69, 9.17) is 2.51 Å². The van der Waals surface area contributed by atoms with Crippen molar-refractivity contribution in [2.24, 2.45) is 0 Å². The van der Waals surface area contributed by atoms with E-state index in [2.05, 4.69) is 0 Å². The molecule has 0 aliphatic carbocycles. The Morgan fingerprint density at radius 1 is 0.852 bits per heavy atom. The first-order valence-corrected chi connectivity index (χ1v) is 12.3. The SMILES string of the molecule is Cc1ccc(S(=O)(=O)O[I+](c2ccccc2)c2ccc([N+](=O)[O-])cc2)cc1. The Kier molecular flexibility index (Phi) is 5.88. The average Bonchev–Trinajstić information content (AvgIpc) is 2.67. The first-order chi connectivity index (χ1) is 12.9. The van der Waals surface area contributed by atoms with E-state index in [0.717, 1.165) is 9.13 Å². The molecule has 0 aliphatic heterocycles. The van der Waals surface area contributed by atoms with Crippen LogP contribution in [-0.2, 0) is 12.6 Å². The maximum Gasteiger partial charge on any atom is 0.336 e. The lowest BCUT2D eigenvalue weighted by Crippen LogP contribution is -3.85. The molecule has 27 heavy (non-hydrogen) atoms. The summed E-state index contributed by atoms with van der Waals surface area (Å²) in [4.78, 5) is 10.5. The molecule has 0 saturated heterocycles. The van der Waals surface area contributed by atoms with Crippen molar-refractivity contribution in [1.82, 2.24) is 0 Å². The van der Waals surface area contributed by atoms with E-state index in [1.165, 1.54) is 24.3 Å². The van der Waals surface area contributed by atoms with Gasteiger partial charge in [0.1, 0.15) is 0 Å². The second-order valence-corrected chi connectivity index (χ2v) is 12.1. The molecule has 0 bridgehead atoms. The maximum atomic E-state index is 12.8. The molecule has 0 atom stereocenters. The molecule has 0 N–H and O–H groups in total. The third kappa shape index (κ3) is 4.71. The first kappa shape index (κ1) is 19.5. The number of nitro benzene ring substituents is 1. The van der Waals surface area contributed by atoms with E-state index in [1.54, 1.807) is 24.3 Å². The lowest BCUT2D eigenvalue weighted by atomic mass is 10.2. The van der Waals surface area contributed by atoms with Gasteiger partial charge in [-0.25, -0.2) is 0 Å². The zero-order chi connectivity index (χ0) is 19.4. The smallest absolute Gasteiger partial charge is 0.258 e. The minimum absolute atomic E-state index is 0.0518. The van der Waals surface area contributed by atoms with Crippen molar-refractivity contribution in [3.8, 4) is 0 Å². The van der Waals surface area contributed by atoms with Gasteiger partial charge >= 0.3 is 30.4 Å². The fraction of sp³-hybridized carbons (Fsp3) is 0.0526. The van der Waals surface area contributed by atoms with Crippen LogP contribution in [0.15, 0.2) is 83.8 Å². The molecule has 0 aromatic heterocycles. The van der Waals surface area contributed by atoms with Crippen molar-refractivity contribution in [3.05, 3.63) is 102 Å². The second kappa shape index (κ2) is 8.15. The summed E-state index contributed by atoms with van der Waals surface area (Å²) < 4.78 is 32.7. The largest absolute Gasteiger partial charge is 0.336 e. The highest BCUT2D eigenvalue weighted by atomic mass is 127. The summed E-state index contributed by atoms with van der Waals surface area (Å²) in [5.41, 5.74) is 0.895. The average molecular weight is 497 g/mol. The first-order valence-electron chi connectivity index (χ1n) is 7.88. The van der Waals surface area contributed by atoms with Gasteiger partial charge < -0.3 is 0 Å². The molecule has 3 aromatic rings. The van der Waals surface area contributed by atoms with Crippen LogP contribution in [0.25, 0.3) is 0 Å². The van der Waals surface area contributed by atoms with E-state index < -0.39 is 35.3 Å². The lowest BCUT2D eigenvalue weighted by Gasteiger charge is -2.06. The number of nitrogens with zero attached hydrogens (tertiary/aromatic N) is 1. The predicted molar refractivity (Wildman–Crippen MR) is 96.4 cm³/mol. The summed E-state index contributed by atoms with van der Waals surface area (Å²) >= 11 is -2.84. The Morgan fingerprint density at radius 2 is 1.41 bits per heavy atom. The van der Waals surface area contributed by atoms with Crippen LogP contribution in [0, 0.1) is 24.2 Å². The van der Waals surface area contributed by atoms with E-state index in [0.29, 0.717) is 3.57 Å². The highest BCUT2D eigenvalue weighted by Crippen LogP contribution is 2.11. The standard InChI is InChI=1S/C19H16INO5S/c1-15-7-13-19(14-8-15)27(24,25)26-20(16-5-3-2-4-6-16)17-9-11-18(12-10-17)21(22)23/h2-14H,1H3/q+1. The molecule has 0 heterocycles. The van der Waals surface area contributed by atoms with E-state index in [-0.39, 0.29) is 10.6 Å². The van der Waals surface area contributed by atoms with Crippen LogP contribution >= 0.6 is 0 Å². The fourth-order valence-electron chi connectivity index (χ4n) is 2.23. The molecule has 1 radical (unpaired) electrons. The van der Waals surface area contributed by atoms with Gasteiger partial charge in [0.05, 0.1) is 9.82 Å². The van der Waals surface area contributed by atoms with Crippen LogP contribution in [0.1, 0.15) is 5.56 Å². The highest BCUT2D eigenvalue weighted by Gasteiger charge is 2.37. The number of benzene rings is 3. The summed E-state index contributed by atoms with van der Waals surface area (Å²) in [6, 6.07) is 21.4. The van der Waals surface area contributed by atoms with Gasteiger partial charge in [-0.05, 0) is 45.8 Å². The van der Waals surface area contributed by atoms with Gasteiger partial charge in [0.2, 0.25) is 0 Å². The molecule has 0 aliphatic rings. The van der Waals surface area contributed by atoms with Crippen molar-refractivity contribution in [3.63, 3.8) is 0 Å². The predicted octanol–water partition coefficient (Wildman–Crippen LogP) is 0.888. The number of rotatable bonds is 6. The molecule has 3 aromatic carbocycles. The van der Waals surface area contributed by atoms with Crippen LogP contribution < -0.4 is 20.2 Å². The number of hydrogen-bond acceptors (Lipinski definition) is 5. The maximum absolute atomic E-state index is 12.8. The fourth-order valence-corrected chi connectivity index (χ4v) is 9.17. The Balaban J connectivity index is 2.00. The molecule has 0 unspecified atom stereocenters. The molecule has 0 amide bonds. The lowest BCUT2D eigenvalue weighted by molar-refractivity contribution is -1.03. The zero-order valence-corrected chi connectivity index (χ0v) is 17.3. The van der Waals surface area contributed by atoms with Gasteiger partial charge in [-0.2, -0.15) is 8.42 Å². The second-order valence-electron chi connectivity index (χ2n) is 5.61. The summed E-state index contributed by atoms with van der Waals surface area (Å²) in [5, 5.41) is 10.9. The third-order valence-corrected chi connectivity index (χ3v) is 11.0. The van der Waals surface area contributed by atoms with Crippen LogP contribution in [-0.4, -0.2) is 13.3 Å². The van der Waals surface area contributed by atoms with Crippen molar-refractivity contribution in [2.75, 3.05) is 0 Å². The normalized spacial score (nSPS) is 11.5. The summed E-state index contributed by atoms with van der Waals surface area (Å²) in [7, 11) is -3.96. The quantitative estimate of drug-likeness (QED) is 0.287. The molecule has 3 rings (SSSR count). The van der Waals surface area contributed by atoms with E-state index in [1.807, 2.05) is 37.3 Å². The highest BCUT2D eigenvalue weighted by molar-refractivity contribution is 7.86. The molecule has 0 spiro atoms. The number of non-ortho nitro benzene ring substituents is 1. The molecule has 8 heteroatoms. The van der Waals surface area contributed by atoms with Gasteiger partial charge in [-0.15, -0.1) is 0 Å². The minimum atomic E-state index is -3.96. The van der Waals surface area contributed by atoms with Gasteiger partial charge in [-0.3, -0.25) is 10.1 Å². The van der Waals surface area contributed by atoms with Crippen molar-refractivity contribution < 1.29 is 36.1 Å². The number of hydrogen-bond donors (Lipinski definition) is 0. The molecule has 139 valence electrons.